The fourth-order valence-electron chi connectivity index (χ4n) is 2.16. The summed E-state index contributed by atoms with van der Waals surface area (Å²) in [7, 11) is 0. The van der Waals surface area contributed by atoms with Crippen molar-refractivity contribution in [3.63, 3.8) is 0 Å². The zero-order valence-corrected chi connectivity index (χ0v) is 10.8. The summed E-state index contributed by atoms with van der Waals surface area (Å²) in [6.45, 7) is 1.09. The molecule has 1 aromatic carbocycles. The molecule has 1 heterocycles. The van der Waals surface area contributed by atoms with Crippen molar-refractivity contribution in [2.24, 2.45) is 11.0 Å². The van der Waals surface area contributed by atoms with Crippen molar-refractivity contribution in [1.29, 1.82) is 0 Å². The number of nitrogens with zero attached hydrogens (tertiary/aromatic N) is 4. The SMILES string of the molecule is [N-]=[N+]=NCC1CC(=O)N(Cc2cccc(F)c2Cl)C1. The normalized spacial score (nSPS) is 18.5. The molecule has 1 saturated heterocycles. The van der Waals surface area contributed by atoms with Crippen molar-refractivity contribution in [2.75, 3.05) is 13.1 Å². The maximum Gasteiger partial charge on any atom is 0.223 e. The molecule has 0 N–H and O–H groups in total. The highest BCUT2D eigenvalue weighted by Gasteiger charge is 2.29. The Bertz CT molecular complexity index is 545. The van der Waals surface area contributed by atoms with E-state index in [1.54, 1.807) is 17.0 Å². The zero-order chi connectivity index (χ0) is 13.8. The Morgan fingerprint density at radius 2 is 2.37 bits per heavy atom. The molecule has 0 saturated carbocycles. The topological polar surface area (TPSA) is 69.1 Å². The van der Waals surface area contributed by atoms with Gasteiger partial charge in [-0.05, 0) is 23.1 Å². The molecule has 1 amide bonds. The van der Waals surface area contributed by atoms with Gasteiger partial charge in [0.25, 0.3) is 0 Å². The van der Waals surface area contributed by atoms with Gasteiger partial charge in [0.1, 0.15) is 5.82 Å². The molecule has 0 aromatic heterocycles. The van der Waals surface area contributed by atoms with E-state index in [-0.39, 0.29) is 23.4 Å². The third-order valence-corrected chi connectivity index (χ3v) is 3.51. The van der Waals surface area contributed by atoms with E-state index in [0.717, 1.165) is 0 Å². The Balaban J connectivity index is 2.05. The molecule has 0 radical (unpaired) electrons. The second-order valence-electron chi connectivity index (χ2n) is 4.47. The van der Waals surface area contributed by atoms with Gasteiger partial charge in [-0.2, -0.15) is 0 Å². The van der Waals surface area contributed by atoms with E-state index < -0.39 is 5.82 Å². The smallest absolute Gasteiger partial charge is 0.223 e. The van der Waals surface area contributed by atoms with Gasteiger partial charge < -0.3 is 4.90 Å². The van der Waals surface area contributed by atoms with Crippen molar-refractivity contribution in [2.45, 2.75) is 13.0 Å². The van der Waals surface area contributed by atoms with E-state index in [4.69, 9.17) is 17.1 Å². The van der Waals surface area contributed by atoms with E-state index in [9.17, 15) is 9.18 Å². The summed E-state index contributed by atoms with van der Waals surface area (Å²) >= 11 is 5.86. The molecule has 2 rings (SSSR count). The van der Waals surface area contributed by atoms with Gasteiger partial charge in [-0.25, -0.2) is 4.39 Å². The Hall–Kier alpha value is -1.78. The summed E-state index contributed by atoms with van der Waals surface area (Å²) in [5, 5.41) is 3.53. The molecule has 1 aliphatic heterocycles. The van der Waals surface area contributed by atoms with E-state index >= 15 is 0 Å². The number of azide groups is 1. The summed E-state index contributed by atoms with van der Waals surface area (Å²) in [5.41, 5.74) is 8.84. The number of halogens is 2. The number of hydrogen-bond acceptors (Lipinski definition) is 2. The molecular formula is C12H12ClFN4O. The van der Waals surface area contributed by atoms with Crippen molar-refractivity contribution >= 4 is 17.5 Å². The fraction of sp³-hybridized carbons (Fsp3) is 0.417. The summed E-state index contributed by atoms with van der Waals surface area (Å²) < 4.78 is 13.3. The lowest BCUT2D eigenvalue weighted by atomic mass is 10.1. The van der Waals surface area contributed by atoms with Gasteiger partial charge >= 0.3 is 0 Å². The molecule has 0 spiro atoms. The standard InChI is InChI=1S/C12H12ClFN4O/c13-12-9(2-1-3-10(12)14)7-18-6-8(4-11(18)19)5-16-17-15/h1-3,8H,4-7H2. The molecule has 1 aromatic rings. The average molecular weight is 283 g/mol. The quantitative estimate of drug-likeness (QED) is 0.475. The summed E-state index contributed by atoms with van der Waals surface area (Å²) in [4.78, 5) is 16.1. The predicted octanol–water partition coefficient (Wildman–Crippen LogP) is 3.14. The van der Waals surface area contributed by atoms with Crippen LogP contribution in [0.4, 0.5) is 4.39 Å². The second-order valence-corrected chi connectivity index (χ2v) is 4.85. The van der Waals surface area contributed by atoms with Gasteiger partial charge in [-0.1, -0.05) is 28.8 Å². The molecule has 7 heteroatoms. The van der Waals surface area contributed by atoms with Crippen molar-refractivity contribution in [3.05, 3.63) is 45.0 Å². The average Bonchev–Trinajstić information content (AvgIpc) is 2.73. The van der Waals surface area contributed by atoms with Crippen molar-refractivity contribution < 1.29 is 9.18 Å². The monoisotopic (exact) mass is 282 g/mol. The first-order chi connectivity index (χ1) is 9.11. The van der Waals surface area contributed by atoms with Crippen LogP contribution in [0, 0.1) is 11.7 Å². The van der Waals surface area contributed by atoms with Gasteiger partial charge in [-0.15, -0.1) is 0 Å². The first-order valence-corrected chi connectivity index (χ1v) is 6.21. The van der Waals surface area contributed by atoms with E-state index in [0.29, 0.717) is 25.1 Å². The van der Waals surface area contributed by atoms with Gasteiger partial charge in [0.05, 0.1) is 5.02 Å². The molecule has 0 bridgehead atoms. The highest BCUT2D eigenvalue weighted by molar-refractivity contribution is 6.31. The highest BCUT2D eigenvalue weighted by atomic mass is 35.5. The maximum absolute atomic E-state index is 13.3. The molecule has 0 aliphatic carbocycles. The molecule has 5 nitrogen and oxygen atoms in total. The largest absolute Gasteiger partial charge is 0.338 e. The minimum Gasteiger partial charge on any atom is -0.338 e. The summed E-state index contributed by atoms with van der Waals surface area (Å²) in [5.74, 6) is -0.495. The zero-order valence-electron chi connectivity index (χ0n) is 10.1. The van der Waals surface area contributed by atoms with Crippen LogP contribution in [0.3, 0.4) is 0 Å². The Labute approximate surface area is 114 Å². The number of hydrogen-bond donors (Lipinski definition) is 0. The van der Waals surface area contributed by atoms with Gasteiger partial charge in [0, 0.05) is 31.0 Å². The molecular weight excluding hydrogens is 271 g/mol. The van der Waals surface area contributed by atoms with Crippen molar-refractivity contribution in [1.82, 2.24) is 4.90 Å². The predicted molar refractivity (Wildman–Crippen MR) is 68.9 cm³/mol. The Morgan fingerprint density at radius 1 is 1.58 bits per heavy atom. The maximum atomic E-state index is 13.3. The van der Waals surface area contributed by atoms with Crippen molar-refractivity contribution in [3.8, 4) is 0 Å². The minimum atomic E-state index is -0.489. The molecule has 1 atom stereocenters. The first kappa shape index (κ1) is 13.6. The lowest BCUT2D eigenvalue weighted by Gasteiger charge is -2.17. The number of benzene rings is 1. The number of rotatable bonds is 4. The molecule has 19 heavy (non-hydrogen) atoms. The van der Waals surface area contributed by atoms with E-state index in [2.05, 4.69) is 10.0 Å². The molecule has 100 valence electrons. The fourth-order valence-corrected chi connectivity index (χ4v) is 2.34. The van der Waals surface area contributed by atoms with Crippen LogP contribution in [0.15, 0.2) is 23.3 Å². The molecule has 1 unspecified atom stereocenters. The van der Waals surface area contributed by atoms with E-state index in [1.165, 1.54) is 6.07 Å². The lowest BCUT2D eigenvalue weighted by Crippen LogP contribution is -2.25. The van der Waals surface area contributed by atoms with Crippen LogP contribution >= 0.6 is 11.6 Å². The summed E-state index contributed by atoms with van der Waals surface area (Å²) in [6.07, 6.45) is 0.353. The van der Waals surface area contributed by atoms with Crippen LogP contribution in [0.1, 0.15) is 12.0 Å². The van der Waals surface area contributed by atoms with E-state index in [1.807, 2.05) is 0 Å². The Kier molecular flexibility index (Phi) is 4.24. The first-order valence-electron chi connectivity index (χ1n) is 5.83. The van der Waals surface area contributed by atoms with Gasteiger partial charge in [0.2, 0.25) is 5.91 Å². The van der Waals surface area contributed by atoms with Crippen LogP contribution in [0.5, 0.6) is 0 Å². The number of carbonyl (C=O) groups is 1. The molecule has 1 aliphatic rings. The number of likely N-dealkylation sites (tertiary alicyclic amines) is 1. The third-order valence-electron chi connectivity index (χ3n) is 3.09. The molecule has 1 fully saturated rings. The van der Waals surface area contributed by atoms with Gasteiger partial charge in [0.15, 0.2) is 0 Å². The van der Waals surface area contributed by atoms with Crippen LogP contribution in [-0.2, 0) is 11.3 Å². The third kappa shape index (κ3) is 3.16. The van der Waals surface area contributed by atoms with Crippen LogP contribution in [0.2, 0.25) is 5.02 Å². The number of carbonyl (C=O) groups excluding carboxylic acids is 1. The minimum absolute atomic E-state index is 0.0238. The van der Waals surface area contributed by atoms with Crippen LogP contribution in [0.25, 0.3) is 10.4 Å². The van der Waals surface area contributed by atoms with Gasteiger partial charge in [-0.3, -0.25) is 4.79 Å². The number of amides is 1. The van der Waals surface area contributed by atoms with Crippen LogP contribution < -0.4 is 0 Å². The lowest BCUT2D eigenvalue weighted by molar-refractivity contribution is -0.128. The summed E-state index contributed by atoms with van der Waals surface area (Å²) in [6, 6.07) is 4.54. The Morgan fingerprint density at radius 3 is 3.11 bits per heavy atom. The second kappa shape index (κ2) is 5.91. The van der Waals surface area contributed by atoms with Crippen LogP contribution in [-0.4, -0.2) is 23.9 Å². The highest BCUT2D eigenvalue weighted by Crippen LogP contribution is 2.25.